The molecule has 1 amide bonds. The third kappa shape index (κ3) is 6.59. The van der Waals surface area contributed by atoms with E-state index in [-0.39, 0.29) is 17.1 Å². The molecule has 2 aliphatic rings. The van der Waals surface area contributed by atoms with Gasteiger partial charge in [0.15, 0.2) is 11.5 Å². The molecule has 216 valence electrons. The number of nitrogens with one attached hydrogen (secondary N) is 1. The lowest BCUT2D eigenvalue weighted by molar-refractivity contribution is -0.908. The molecule has 2 heterocycles. The number of hydrogen-bond donors (Lipinski definition) is 2. The number of quaternary nitrogens is 1. The quantitative estimate of drug-likeness (QED) is 0.248. The molecular weight excluding hydrogens is 512 g/mol. The van der Waals surface area contributed by atoms with Crippen LogP contribution in [-0.2, 0) is 14.3 Å². The minimum Gasteiger partial charge on any atom is -0.872 e. The van der Waals surface area contributed by atoms with Gasteiger partial charge in [0.05, 0.1) is 39.0 Å². The number of likely N-dealkylation sites (tertiary alicyclic amines) is 1. The summed E-state index contributed by atoms with van der Waals surface area (Å²) >= 11 is 0. The van der Waals surface area contributed by atoms with Crippen LogP contribution in [0.2, 0.25) is 0 Å². The number of carbonyl (C=O) groups is 2. The van der Waals surface area contributed by atoms with Gasteiger partial charge in [0, 0.05) is 18.5 Å². The van der Waals surface area contributed by atoms with Gasteiger partial charge in [0.1, 0.15) is 18.8 Å². The van der Waals surface area contributed by atoms with Crippen LogP contribution in [0.1, 0.15) is 49.9 Å². The van der Waals surface area contributed by atoms with E-state index in [1.807, 2.05) is 6.92 Å². The SMILES string of the molecule is CCOc1cc(C2C(=C([O-])c3ccc(OCC(C)C)c(C)c3)C(=O)C(=O)N2CCC[NH+]2CCOCC2)ccc1O. The van der Waals surface area contributed by atoms with Gasteiger partial charge >= 0.3 is 0 Å². The van der Waals surface area contributed by atoms with Gasteiger partial charge in [-0.2, -0.15) is 0 Å². The molecule has 2 aromatic carbocycles. The standard InChI is InChI=1S/C31H40N2O7/c1-5-39-26-18-22(7-9-24(26)34)28-27(29(35)23-8-10-25(21(4)17-23)40-19-20(2)3)30(36)31(37)33(28)12-6-11-32-13-15-38-16-14-32/h7-10,17-18,20,28,34-35H,5-6,11-16,19H2,1-4H3. The molecular formula is C31H40N2O7. The van der Waals surface area contributed by atoms with Gasteiger partial charge in [-0.15, -0.1) is 0 Å². The minimum atomic E-state index is -0.885. The fraction of sp³-hybridized carbons (Fsp3) is 0.484. The summed E-state index contributed by atoms with van der Waals surface area (Å²) in [7, 11) is 0. The zero-order valence-corrected chi connectivity index (χ0v) is 23.8. The summed E-state index contributed by atoms with van der Waals surface area (Å²) in [4.78, 5) is 29.6. The Morgan fingerprint density at radius 2 is 1.88 bits per heavy atom. The van der Waals surface area contributed by atoms with E-state index >= 15 is 0 Å². The zero-order valence-electron chi connectivity index (χ0n) is 23.8. The molecule has 9 nitrogen and oxygen atoms in total. The van der Waals surface area contributed by atoms with Crippen molar-refractivity contribution in [1.82, 2.24) is 4.90 Å². The Morgan fingerprint density at radius 1 is 1.12 bits per heavy atom. The lowest BCUT2D eigenvalue weighted by atomic mass is 9.94. The summed E-state index contributed by atoms with van der Waals surface area (Å²) in [5.41, 5.74) is 1.54. The summed E-state index contributed by atoms with van der Waals surface area (Å²) in [6.07, 6.45) is 0.670. The highest BCUT2D eigenvalue weighted by molar-refractivity contribution is 6.46. The molecule has 0 aromatic heterocycles. The Labute approximate surface area is 235 Å². The number of carbonyl (C=O) groups excluding carboxylic acids is 2. The molecule has 0 bridgehead atoms. The van der Waals surface area contributed by atoms with Crippen molar-refractivity contribution in [2.24, 2.45) is 5.92 Å². The van der Waals surface area contributed by atoms with E-state index < -0.39 is 23.5 Å². The number of phenols is 1. The maximum atomic E-state index is 13.9. The van der Waals surface area contributed by atoms with Crippen LogP contribution < -0.4 is 19.5 Å². The Bertz CT molecular complexity index is 1250. The van der Waals surface area contributed by atoms with Gasteiger partial charge in [0.25, 0.3) is 5.91 Å². The molecule has 1 unspecified atom stereocenters. The molecule has 1 atom stereocenters. The van der Waals surface area contributed by atoms with Crippen molar-refractivity contribution in [3.63, 3.8) is 0 Å². The monoisotopic (exact) mass is 552 g/mol. The lowest BCUT2D eigenvalue weighted by Crippen LogP contribution is -3.14. The maximum absolute atomic E-state index is 13.9. The van der Waals surface area contributed by atoms with Gasteiger partial charge in [-0.05, 0) is 60.7 Å². The first-order valence-corrected chi connectivity index (χ1v) is 14.1. The fourth-order valence-corrected chi connectivity index (χ4v) is 5.19. The van der Waals surface area contributed by atoms with Crippen LogP contribution in [0.3, 0.4) is 0 Å². The van der Waals surface area contributed by atoms with E-state index in [0.717, 1.165) is 25.2 Å². The number of morpholine rings is 1. The molecule has 2 fully saturated rings. The second-order valence-electron chi connectivity index (χ2n) is 10.8. The second kappa shape index (κ2) is 13.2. The number of hydrogen-bond acceptors (Lipinski definition) is 7. The van der Waals surface area contributed by atoms with Gasteiger partial charge in [-0.25, -0.2) is 0 Å². The summed E-state index contributed by atoms with van der Waals surface area (Å²) in [6.45, 7) is 13.0. The van der Waals surface area contributed by atoms with Crippen LogP contribution in [-0.4, -0.2) is 74.3 Å². The van der Waals surface area contributed by atoms with Crippen LogP contribution in [0, 0.1) is 12.8 Å². The molecule has 0 spiro atoms. The third-order valence-corrected chi connectivity index (χ3v) is 7.27. The Hall–Kier alpha value is -3.56. The average molecular weight is 553 g/mol. The van der Waals surface area contributed by atoms with Crippen LogP contribution in [0.15, 0.2) is 42.0 Å². The van der Waals surface area contributed by atoms with Gasteiger partial charge in [-0.1, -0.05) is 31.7 Å². The molecule has 0 radical (unpaired) electrons. The van der Waals surface area contributed by atoms with Crippen LogP contribution in [0.25, 0.3) is 5.76 Å². The minimum absolute atomic E-state index is 0.0517. The Balaban J connectivity index is 1.70. The van der Waals surface area contributed by atoms with Crippen LogP contribution in [0.4, 0.5) is 0 Å². The molecule has 4 rings (SSSR count). The predicted molar refractivity (Wildman–Crippen MR) is 148 cm³/mol. The summed E-state index contributed by atoms with van der Waals surface area (Å²) < 4.78 is 16.9. The Kier molecular flexibility index (Phi) is 9.71. The molecule has 2 aliphatic heterocycles. The van der Waals surface area contributed by atoms with E-state index in [1.54, 1.807) is 37.3 Å². The molecule has 2 aromatic rings. The third-order valence-electron chi connectivity index (χ3n) is 7.27. The Morgan fingerprint density at radius 3 is 2.55 bits per heavy atom. The molecule has 0 saturated carbocycles. The highest BCUT2D eigenvalue weighted by Crippen LogP contribution is 2.41. The molecule has 0 aliphatic carbocycles. The van der Waals surface area contributed by atoms with Crippen LogP contribution >= 0.6 is 0 Å². The predicted octanol–water partition coefficient (Wildman–Crippen LogP) is 1.66. The van der Waals surface area contributed by atoms with Crippen molar-refractivity contribution in [2.45, 2.75) is 40.2 Å². The van der Waals surface area contributed by atoms with Crippen molar-refractivity contribution in [3.8, 4) is 17.2 Å². The average Bonchev–Trinajstić information content (AvgIpc) is 3.19. The van der Waals surface area contributed by atoms with E-state index in [9.17, 15) is 19.8 Å². The van der Waals surface area contributed by atoms with Gasteiger partial charge in [0.2, 0.25) is 5.78 Å². The summed E-state index contributed by atoms with van der Waals surface area (Å²) in [5, 5.41) is 24.2. The zero-order chi connectivity index (χ0) is 28.8. The first-order chi connectivity index (χ1) is 19.2. The number of Topliss-reactive ketones (excluding diaryl/α,β-unsaturated/α-hetero) is 1. The molecule has 2 saturated heterocycles. The van der Waals surface area contributed by atoms with Crippen LogP contribution in [0.5, 0.6) is 17.2 Å². The van der Waals surface area contributed by atoms with Crippen molar-refractivity contribution in [3.05, 3.63) is 58.7 Å². The number of aromatic hydroxyl groups is 1. The number of phenolic OH excluding ortho intramolecular Hbond substituents is 1. The summed E-state index contributed by atoms with van der Waals surface area (Å²) in [5.74, 6) is -0.769. The van der Waals surface area contributed by atoms with E-state index in [1.165, 1.54) is 15.9 Å². The summed E-state index contributed by atoms with van der Waals surface area (Å²) in [6, 6.07) is 8.90. The molecule has 40 heavy (non-hydrogen) atoms. The first kappa shape index (κ1) is 29.4. The number of aryl methyl sites for hydroxylation is 1. The largest absolute Gasteiger partial charge is 0.872 e. The number of benzene rings is 2. The smallest absolute Gasteiger partial charge is 0.295 e. The molecule has 9 heteroatoms. The normalized spacial score (nSPS) is 19.4. The number of ketones is 1. The molecule has 2 N–H and O–H groups in total. The van der Waals surface area contributed by atoms with Crippen molar-refractivity contribution in [1.29, 1.82) is 0 Å². The van der Waals surface area contributed by atoms with Crippen molar-refractivity contribution >= 4 is 17.4 Å². The number of amides is 1. The second-order valence-corrected chi connectivity index (χ2v) is 10.8. The van der Waals surface area contributed by atoms with E-state index in [4.69, 9.17) is 14.2 Å². The topological polar surface area (TPSA) is 113 Å². The lowest BCUT2D eigenvalue weighted by Gasteiger charge is -2.29. The van der Waals surface area contributed by atoms with Crippen molar-refractivity contribution < 1.29 is 38.9 Å². The maximum Gasteiger partial charge on any atom is 0.295 e. The van der Waals surface area contributed by atoms with Gasteiger partial charge < -0.3 is 34.2 Å². The highest BCUT2D eigenvalue weighted by Gasteiger charge is 2.44. The number of ether oxygens (including phenoxy) is 3. The number of nitrogens with zero attached hydrogens (tertiary/aromatic N) is 1. The first-order valence-electron chi connectivity index (χ1n) is 14.1. The van der Waals surface area contributed by atoms with E-state index in [2.05, 4.69) is 13.8 Å². The highest BCUT2D eigenvalue weighted by atomic mass is 16.5. The fourth-order valence-electron chi connectivity index (χ4n) is 5.19. The van der Waals surface area contributed by atoms with Crippen molar-refractivity contribution in [2.75, 3.05) is 52.6 Å². The van der Waals surface area contributed by atoms with Gasteiger partial charge in [-0.3, -0.25) is 9.59 Å². The van der Waals surface area contributed by atoms with E-state index in [0.29, 0.717) is 62.2 Å². The number of rotatable bonds is 11.